The van der Waals surface area contributed by atoms with Gasteiger partial charge in [0.1, 0.15) is 6.10 Å². The van der Waals surface area contributed by atoms with Crippen LogP contribution in [0.2, 0.25) is 0 Å². The van der Waals surface area contributed by atoms with Crippen LogP contribution in [-0.2, 0) is 14.3 Å². The summed E-state index contributed by atoms with van der Waals surface area (Å²) in [4.78, 5) is 11.1. The van der Waals surface area contributed by atoms with Crippen LogP contribution in [0, 0.1) is 0 Å². The average Bonchev–Trinajstić information content (AvgIpc) is 2.43. The molecule has 82 valence electrons. The highest BCUT2D eigenvalue weighted by molar-refractivity contribution is 6.18. The predicted molar refractivity (Wildman–Crippen MR) is 53.3 cm³/mol. The van der Waals surface area contributed by atoms with Crippen LogP contribution in [0.3, 0.4) is 0 Å². The second-order valence-electron chi connectivity index (χ2n) is 3.69. The Kier molecular flexibility index (Phi) is 4.16. The van der Waals surface area contributed by atoms with E-state index < -0.39 is 5.79 Å². The molecule has 1 aliphatic rings. The number of rotatable bonds is 4. The van der Waals surface area contributed by atoms with Gasteiger partial charge in [-0.15, -0.1) is 11.6 Å². The van der Waals surface area contributed by atoms with Crippen molar-refractivity contribution in [3.05, 3.63) is 0 Å². The minimum atomic E-state index is -0.526. The Balaban J connectivity index is 2.17. The van der Waals surface area contributed by atoms with Gasteiger partial charge >= 0.3 is 0 Å². The monoisotopic (exact) mass is 221 g/mol. The van der Waals surface area contributed by atoms with E-state index in [0.717, 1.165) is 0 Å². The topological polar surface area (TPSA) is 47.6 Å². The number of ether oxygens (including phenoxy) is 2. The molecular weight excluding hydrogens is 206 g/mol. The van der Waals surface area contributed by atoms with Gasteiger partial charge in [0.25, 0.3) is 0 Å². The molecule has 1 N–H and O–H groups in total. The van der Waals surface area contributed by atoms with Gasteiger partial charge in [0, 0.05) is 18.8 Å². The molecule has 1 saturated heterocycles. The van der Waals surface area contributed by atoms with E-state index in [1.165, 1.54) is 0 Å². The van der Waals surface area contributed by atoms with E-state index in [2.05, 4.69) is 5.32 Å². The first kappa shape index (κ1) is 11.8. The van der Waals surface area contributed by atoms with Crippen molar-refractivity contribution in [2.75, 3.05) is 19.0 Å². The zero-order valence-corrected chi connectivity index (χ0v) is 9.26. The zero-order valence-electron chi connectivity index (χ0n) is 8.51. The quantitative estimate of drug-likeness (QED) is 0.718. The molecule has 1 amide bonds. The Bertz CT molecular complexity index is 208. The third kappa shape index (κ3) is 3.82. The highest BCUT2D eigenvalue weighted by Crippen LogP contribution is 2.21. The number of carbonyl (C=O) groups excluding carboxylic acids is 1. The molecule has 1 unspecified atom stereocenters. The van der Waals surface area contributed by atoms with Gasteiger partial charge in [0.15, 0.2) is 5.79 Å². The van der Waals surface area contributed by atoms with Gasteiger partial charge < -0.3 is 14.8 Å². The Morgan fingerprint density at radius 2 is 2.36 bits per heavy atom. The fraction of sp³-hybridized carbons (Fsp3) is 0.889. The van der Waals surface area contributed by atoms with Crippen molar-refractivity contribution in [3.8, 4) is 0 Å². The van der Waals surface area contributed by atoms with Crippen molar-refractivity contribution in [1.29, 1.82) is 0 Å². The molecule has 0 aromatic rings. The maximum atomic E-state index is 11.1. The summed E-state index contributed by atoms with van der Waals surface area (Å²) in [5.41, 5.74) is 0. The van der Waals surface area contributed by atoms with Crippen molar-refractivity contribution in [1.82, 2.24) is 5.32 Å². The number of halogens is 1. The summed E-state index contributed by atoms with van der Waals surface area (Å²) in [5, 5.41) is 2.73. The van der Waals surface area contributed by atoms with E-state index >= 15 is 0 Å². The summed E-state index contributed by atoms with van der Waals surface area (Å²) in [6.07, 6.45) is 0.294. The van der Waals surface area contributed by atoms with Crippen LogP contribution < -0.4 is 5.32 Å². The van der Waals surface area contributed by atoms with E-state index in [-0.39, 0.29) is 12.0 Å². The average molecular weight is 222 g/mol. The molecule has 0 aromatic carbocycles. The Labute approximate surface area is 88.9 Å². The number of hydrogen-bond donors (Lipinski definition) is 1. The van der Waals surface area contributed by atoms with E-state index in [4.69, 9.17) is 21.1 Å². The summed E-state index contributed by atoms with van der Waals surface area (Å²) >= 11 is 5.42. The van der Waals surface area contributed by atoms with Gasteiger partial charge in [-0.3, -0.25) is 4.79 Å². The van der Waals surface area contributed by atoms with Crippen LogP contribution in [0.1, 0.15) is 20.3 Å². The van der Waals surface area contributed by atoms with Crippen LogP contribution in [0.5, 0.6) is 0 Å². The number of hydrogen-bond acceptors (Lipinski definition) is 3. The Morgan fingerprint density at radius 1 is 1.64 bits per heavy atom. The van der Waals surface area contributed by atoms with Gasteiger partial charge in [-0.05, 0) is 13.8 Å². The lowest BCUT2D eigenvalue weighted by atomic mass is 10.3. The minimum absolute atomic E-state index is 0.0479. The lowest BCUT2D eigenvalue weighted by Gasteiger charge is -2.17. The first-order chi connectivity index (χ1) is 6.53. The summed E-state index contributed by atoms with van der Waals surface area (Å²) in [7, 11) is 0. The van der Waals surface area contributed by atoms with Crippen molar-refractivity contribution in [2.45, 2.75) is 32.2 Å². The van der Waals surface area contributed by atoms with Crippen LogP contribution >= 0.6 is 11.6 Å². The molecule has 0 radical (unpaired) electrons. The first-order valence-electron chi connectivity index (χ1n) is 4.68. The third-order valence-corrected chi connectivity index (χ3v) is 2.10. The molecule has 14 heavy (non-hydrogen) atoms. The number of nitrogens with one attached hydrogen (secondary N) is 1. The number of alkyl halides is 1. The molecule has 0 aromatic heterocycles. The highest BCUT2D eigenvalue weighted by atomic mass is 35.5. The predicted octanol–water partition coefficient (Wildman–Crippen LogP) is 0.883. The SMILES string of the molecule is CC1(C)OCC(CNC(=O)CCCl)O1. The van der Waals surface area contributed by atoms with Crippen molar-refractivity contribution in [3.63, 3.8) is 0 Å². The molecule has 0 saturated carbocycles. The third-order valence-electron chi connectivity index (χ3n) is 1.92. The first-order valence-corrected chi connectivity index (χ1v) is 5.21. The molecule has 1 heterocycles. The molecule has 1 atom stereocenters. The molecule has 0 bridgehead atoms. The Hall–Kier alpha value is -0.320. The zero-order chi connectivity index (χ0) is 10.6. The fourth-order valence-electron chi connectivity index (χ4n) is 1.27. The second kappa shape index (κ2) is 4.96. The summed E-state index contributed by atoms with van der Waals surface area (Å²) in [6, 6.07) is 0. The van der Waals surface area contributed by atoms with Crippen molar-refractivity contribution < 1.29 is 14.3 Å². The lowest BCUT2D eigenvalue weighted by molar-refractivity contribution is -0.139. The minimum Gasteiger partial charge on any atom is -0.353 e. The molecule has 1 fully saturated rings. The van der Waals surface area contributed by atoms with Crippen LogP contribution in [0.4, 0.5) is 0 Å². The van der Waals surface area contributed by atoms with E-state index in [1.807, 2.05) is 13.8 Å². The largest absolute Gasteiger partial charge is 0.353 e. The summed E-state index contributed by atoms with van der Waals surface area (Å²) < 4.78 is 10.9. The van der Waals surface area contributed by atoms with Gasteiger partial charge in [0.2, 0.25) is 5.91 Å². The summed E-state index contributed by atoms with van der Waals surface area (Å²) in [6.45, 7) is 4.72. The smallest absolute Gasteiger partial charge is 0.221 e. The molecule has 5 heteroatoms. The molecule has 1 rings (SSSR count). The fourth-order valence-corrected chi connectivity index (χ4v) is 1.44. The van der Waals surface area contributed by atoms with Gasteiger partial charge in [0.05, 0.1) is 6.61 Å². The summed E-state index contributed by atoms with van der Waals surface area (Å²) in [5.74, 6) is -0.227. The highest BCUT2D eigenvalue weighted by Gasteiger charge is 2.32. The second-order valence-corrected chi connectivity index (χ2v) is 4.07. The van der Waals surface area contributed by atoms with E-state index in [9.17, 15) is 4.79 Å². The van der Waals surface area contributed by atoms with Crippen LogP contribution in [-0.4, -0.2) is 36.8 Å². The molecule has 4 nitrogen and oxygen atoms in total. The van der Waals surface area contributed by atoms with Crippen LogP contribution in [0.15, 0.2) is 0 Å². The number of amides is 1. The van der Waals surface area contributed by atoms with Gasteiger partial charge in [-0.25, -0.2) is 0 Å². The lowest BCUT2D eigenvalue weighted by Crippen LogP contribution is -2.34. The van der Waals surface area contributed by atoms with Crippen LogP contribution in [0.25, 0.3) is 0 Å². The maximum absolute atomic E-state index is 11.1. The standard InChI is InChI=1S/C9H16ClNO3/c1-9(2)13-6-7(14-9)5-11-8(12)3-4-10/h7H,3-6H2,1-2H3,(H,11,12). The maximum Gasteiger partial charge on any atom is 0.221 e. The molecule has 0 spiro atoms. The van der Waals surface area contributed by atoms with Crippen molar-refractivity contribution in [2.24, 2.45) is 0 Å². The van der Waals surface area contributed by atoms with E-state index in [0.29, 0.717) is 25.5 Å². The van der Waals surface area contributed by atoms with Gasteiger partial charge in [-0.1, -0.05) is 0 Å². The van der Waals surface area contributed by atoms with Gasteiger partial charge in [-0.2, -0.15) is 0 Å². The molecule has 0 aliphatic carbocycles. The molecular formula is C9H16ClNO3. The normalized spacial score (nSPS) is 24.9. The van der Waals surface area contributed by atoms with Crippen molar-refractivity contribution >= 4 is 17.5 Å². The number of carbonyl (C=O) groups is 1. The van der Waals surface area contributed by atoms with E-state index in [1.54, 1.807) is 0 Å². The Morgan fingerprint density at radius 3 is 2.86 bits per heavy atom. The molecule has 1 aliphatic heterocycles.